The second-order valence-corrected chi connectivity index (χ2v) is 4.30. The molecule has 5 nitrogen and oxygen atoms in total. The van der Waals surface area contributed by atoms with Crippen LogP contribution in [-0.4, -0.2) is 45.2 Å². The summed E-state index contributed by atoms with van der Waals surface area (Å²) in [5.41, 5.74) is 0. The average molecular weight is 243 g/mol. The van der Waals surface area contributed by atoms with Gasteiger partial charge >= 0.3 is 5.97 Å². The standard InChI is InChI=1S/C7H11F2NO4S/c1-4(11)10-5(7(12)13)2-15(14)3-6(8)9/h5-6H,2-3H2,1H3,(H,10,11)(H,12,13). The van der Waals surface area contributed by atoms with Crippen molar-refractivity contribution < 1.29 is 27.7 Å². The molecule has 0 fully saturated rings. The maximum Gasteiger partial charge on any atom is 0.327 e. The molecular formula is C7H11F2NO4S. The molecule has 2 N–H and O–H groups in total. The van der Waals surface area contributed by atoms with Gasteiger partial charge in [-0.2, -0.15) is 0 Å². The van der Waals surface area contributed by atoms with Gasteiger partial charge in [-0.15, -0.1) is 0 Å². The number of halogens is 2. The first-order chi connectivity index (χ1) is 6.82. The van der Waals surface area contributed by atoms with Gasteiger partial charge in [0.1, 0.15) is 6.04 Å². The van der Waals surface area contributed by atoms with Crippen molar-refractivity contribution >= 4 is 22.7 Å². The molecule has 0 rings (SSSR count). The van der Waals surface area contributed by atoms with E-state index in [4.69, 9.17) is 5.11 Å². The van der Waals surface area contributed by atoms with Crippen LogP contribution in [0.2, 0.25) is 0 Å². The summed E-state index contributed by atoms with van der Waals surface area (Å²) in [6, 6.07) is -1.39. The van der Waals surface area contributed by atoms with E-state index in [9.17, 15) is 22.6 Å². The van der Waals surface area contributed by atoms with E-state index in [0.29, 0.717) is 0 Å². The Balaban J connectivity index is 4.22. The summed E-state index contributed by atoms with van der Waals surface area (Å²) in [5, 5.41) is 10.6. The minimum Gasteiger partial charge on any atom is -0.480 e. The molecule has 2 unspecified atom stereocenters. The van der Waals surface area contributed by atoms with E-state index in [0.717, 1.165) is 6.92 Å². The zero-order valence-corrected chi connectivity index (χ0v) is 8.72. The van der Waals surface area contributed by atoms with Gasteiger partial charge in [0, 0.05) is 17.7 Å². The Bertz CT molecular complexity index is 272. The molecule has 0 aromatic rings. The molecule has 0 radical (unpaired) electrons. The summed E-state index contributed by atoms with van der Waals surface area (Å²) in [4.78, 5) is 21.1. The van der Waals surface area contributed by atoms with Gasteiger partial charge in [0.25, 0.3) is 0 Å². The van der Waals surface area contributed by atoms with Crippen LogP contribution in [0.3, 0.4) is 0 Å². The maximum absolute atomic E-state index is 11.8. The van der Waals surface area contributed by atoms with Crippen LogP contribution in [0.1, 0.15) is 6.92 Å². The molecule has 0 aliphatic heterocycles. The number of nitrogens with one attached hydrogen (secondary N) is 1. The lowest BCUT2D eigenvalue weighted by Gasteiger charge is -2.12. The van der Waals surface area contributed by atoms with Gasteiger partial charge in [-0.05, 0) is 0 Å². The van der Waals surface area contributed by atoms with Gasteiger partial charge in [-0.25, -0.2) is 13.6 Å². The maximum atomic E-state index is 11.8. The zero-order valence-electron chi connectivity index (χ0n) is 7.91. The van der Waals surface area contributed by atoms with Crippen molar-refractivity contribution in [1.82, 2.24) is 5.32 Å². The van der Waals surface area contributed by atoms with E-state index >= 15 is 0 Å². The quantitative estimate of drug-likeness (QED) is 0.664. The Morgan fingerprint density at radius 3 is 2.27 bits per heavy atom. The Morgan fingerprint density at radius 2 is 1.93 bits per heavy atom. The number of aliphatic carboxylic acids is 1. The summed E-state index contributed by atoms with van der Waals surface area (Å²) in [5.74, 6) is -3.41. The summed E-state index contributed by atoms with van der Waals surface area (Å²) in [6.45, 7) is 1.09. The van der Waals surface area contributed by atoms with Crippen LogP contribution in [0, 0.1) is 0 Å². The Labute approximate surface area is 87.3 Å². The van der Waals surface area contributed by atoms with Crippen LogP contribution in [0.25, 0.3) is 0 Å². The van der Waals surface area contributed by atoms with Crippen LogP contribution in [0.4, 0.5) is 8.78 Å². The smallest absolute Gasteiger partial charge is 0.327 e. The summed E-state index contributed by atoms with van der Waals surface area (Å²) >= 11 is 0. The van der Waals surface area contributed by atoms with Gasteiger partial charge in [0.05, 0.1) is 11.5 Å². The third-order valence-corrected chi connectivity index (χ3v) is 2.67. The van der Waals surface area contributed by atoms with E-state index in [2.05, 4.69) is 0 Å². The van der Waals surface area contributed by atoms with Gasteiger partial charge in [0.15, 0.2) is 0 Å². The summed E-state index contributed by atoms with van der Waals surface area (Å²) in [7, 11) is -1.96. The average Bonchev–Trinajstić information content (AvgIpc) is 1.99. The lowest BCUT2D eigenvalue weighted by molar-refractivity contribution is -0.140. The molecule has 1 amide bonds. The van der Waals surface area contributed by atoms with Gasteiger partial charge in [-0.3, -0.25) is 9.00 Å². The third kappa shape index (κ3) is 6.95. The molecule has 0 saturated heterocycles. The normalized spacial score (nSPS) is 14.7. The largest absolute Gasteiger partial charge is 0.480 e. The molecule has 0 aliphatic carbocycles. The number of carbonyl (C=O) groups is 2. The molecule has 0 aromatic carbocycles. The van der Waals surface area contributed by atoms with Gasteiger partial charge in [-0.1, -0.05) is 0 Å². The molecule has 0 heterocycles. The van der Waals surface area contributed by atoms with Crippen LogP contribution < -0.4 is 5.32 Å². The van der Waals surface area contributed by atoms with Crippen molar-refractivity contribution in [3.8, 4) is 0 Å². The number of alkyl halides is 2. The highest BCUT2D eigenvalue weighted by molar-refractivity contribution is 7.85. The Kier molecular flexibility index (Phi) is 5.99. The van der Waals surface area contributed by atoms with Crippen molar-refractivity contribution in [3.63, 3.8) is 0 Å². The topological polar surface area (TPSA) is 83.5 Å². The number of amides is 1. The fourth-order valence-electron chi connectivity index (χ4n) is 0.815. The van der Waals surface area contributed by atoms with Crippen molar-refractivity contribution in [2.45, 2.75) is 19.4 Å². The predicted molar refractivity (Wildman–Crippen MR) is 49.1 cm³/mol. The van der Waals surface area contributed by atoms with Crippen molar-refractivity contribution in [3.05, 3.63) is 0 Å². The molecule has 0 spiro atoms. The summed E-state index contributed by atoms with van der Waals surface area (Å²) in [6.07, 6.45) is -2.75. The lowest BCUT2D eigenvalue weighted by atomic mass is 10.3. The van der Waals surface area contributed by atoms with Gasteiger partial charge < -0.3 is 10.4 Å². The van der Waals surface area contributed by atoms with Crippen LogP contribution in [0.15, 0.2) is 0 Å². The molecule has 8 heteroatoms. The monoisotopic (exact) mass is 243 g/mol. The molecule has 2 atom stereocenters. The fourth-order valence-corrected chi connectivity index (χ4v) is 1.83. The van der Waals surface area contributed by atoms with E-state index < -0.39 is 46.6 Å². The highest BCUT2D eigenvalue weighted by Gasteiger charge is 2.22. The molecule has 15 heavy (non-hydrogen) atoms. The van der Waals surface area contributed by atoms with Crippen LogP contribution in [-0.2, 0) is 20.4 Å². The highest BCUT2D eigenvalue weighted by Crippen LogP contribution is 1.98. The molecule has 0 bridgehead atoms. The third-order valence-electron chi connectivity index (χ3n) is 1.34. The molecule has 0 aliphatic rings. The second kappa shape index (κ2) is 6.44. The Hall–Kier alpha value is -1.05. The van der Waals surface area contributed by atoms with Crippen LogP contribution in [0.5, 0.6) is 0 Å². The van der Waals surface area contributed by atoms with Gasteiger partial charge in [0.2, 0.25) is 12.3 Å². The SMILES string of the molecule is CC(=O)NC(CS(=O)CC(F)F)C(=O)O. The number of carboxylic acids is 1. The predicted octanol–water partition coefficient (Wildman–Crippen LogP) is -0.411. The van der Waals surface area contributed by atoms with Crippen molar-refractivity contribution in [1.29, 1.82) is 0 Å². The number of hydrogen-bond acceptors (Lipinski definition) is 3. The van der Waals surface area contributed by atoms with Crippen molar-refractivity contribution in [2.24, 2.45) is 0 Å². The molecule has 88 valence electrons. The fraction of sp³-hybridized carbons (Fsp3) is 0.714. The summed E-state index contributed by atoms with van der Waals surface area (Å²) < 4.78 is 34.5. The lowest BCUT2D eigenvalue weighted by Crippen LogP contribution is -2.43. The molecular weight excluding hydrogens is 232 g/mol. The molecule has 0 aromatic heterocycles. The van der Waals surface area contributed by atoms with E-state index in [1.54, 1.807) is 0 Å². The minimum atomic E-state index is -2.75. The number of carbonyl (C=O) groups excluding carboxylic acids is 1. The first-order valence-corrected chi connectivity index (χ1v) is 5.44. The Morgan fingerprint density at radius 1 is 1.40 bits per heavy atom. The van der Waals surface area contributed by atoms with E-state index in [1.165, 1.54) is 0 Å². The number of carboxylic acid groups (broad SMARTS) is 1. The zero-order chi connectivity index (χ0) is 12.0. The first-order valence-electron chi connectivity index (χ1n) is 3.96. The first kappa shape index (κ1) is 13.9. The number of rotatable bonds is 6. The highest BCUT2D eigenvalue weighted by atomic mass is 32.2. The molecule has 0 saturated carbocycles. The number of hydrogen-bond donors (Lipinski definition) is 2. The minimum absolute atomic E-state index is 0.515. The second-order valence-electron chi connectivity index (χ2n) is 2.76. The van der Waals surface area contributed by atoms with Crippen LogP contribution >= 0.6 is 0 Å². The van der Waals surface area contributed by atoms with E-state index in [-0.39, 0.29) is 0 Å². The van der Waals surface area contributed by atoms with E-state index in [1.807, 2.05) is 5.32 Å². The van der Waals surface area contributed by atoms with Crippen molar-refractivity contribution in [2.75, 3.05) is 11.5 Å².